The summed E-state index contributed by atoms with van der Waals surface area (Å²) < 4.78 is 4.65. The Bertz CT molecular complexity index is 716. The fourth-order valence-corrected chi connectivity index (χ4v) is 2.74. The van der Waals surface area contributed by atoms with Crippen LogP contribution in [0.15, 0.2) is 47.4 Å². The zero-order chi connectivity index (χ0) is 16.8. The van der Waals surface area contributed by atoms with Crippen LogP contribution in [-0.2, 0) is 9.53 Å². The zero-order valence-corrected chi connectivity index (χ0v) is 14.3. The number of esters is 1. The number of aryl methyl sites for hydroxylation is 1. The van der Waals surface area contributed by atoms with Gasteiger partial charge in [-0.25, -0.2) is 4.79 Å². The predicted octanol–water partition coefficient (Wildman–Crippen LogP) is 4.17. The molecular formula is C17H16ClNO3S. The average molecular weight is 350 g/mol. The van der Waals surface area contributed by atoms with Crippen molar-refractivity contribution in [1.82, 2.24) is 0 Å². The minimum Gasteiger partial charge on any atom is -0.465 e. The highest BCUT2D eigenvalue weighted by molar-refractivity contribution is 8.00. The molecule has 1 N–H and O–H groups in total. The van der Waals surface area contributed by atoms with Crippen LogP contribution in [0.4, 0.5) is 5.69 Å². The third-order valence-corrected chi connectivity index (χ3v) is 4.39. The van der Waals surface area contributed by atoms with Crippen molar-refractivity contribution in [2.24, 2.45) is 0 Å². The van der Waals surface area contributed by atoms with Gasteiger partial charge >= 0.3 is 5.97 Å². The van der Waals surface area contributed by atoms with E-state index in [0.29, 0.717) is 5.69 Å². The number of hydrogen-bond donors (Lipinski definition) is 1. The number of halogens is 1. The molecule has 23 heavy (non-hydrogen) atoms. The van der Waals surface area contributed by atoms with Gasteiger partial charge in [-0.3, -0.25) is 4.79 Å². The Hall–Kier alpha value is -1.98. The van der Waals surface area contributed by atoms with Crippen LogP contribution in [0.3, 0.4) is 0 Å². The molecule has 0 fully saturated rings. The van der Waals surface area contributed by atoms with Crippen molar-refractivity contribution in [3.05, 3.63) is 58.6 Å². The van der Waals surface area contributed by atoms with E-state index < -0.39 is 5.97 Å². The quantitative estimate of drug-likeness (QED) is 0.650. The third kappa shape index (κ3) is 5.01. The number of rotatable bonds is 5. The van der Waals surface area contributed by atoms with E-state index in [4.69, 9.17) is 11.6 Å². The first-order valence-electron chi connectivity index (χ1n) is 6.87. The van der Waals surface area contributed by atoms with E-state index in [2.05, 4.69) is 10.1 Å². The molecule has 4 nitrogen and oxygen atoms in total. The van der Waals surface area contributed by atoms with Gasteiger partial charge in [0.2, 0.25) is 5.91 Å². The third-order valence-electron chi connectivity index (χ3n) is 3.05. The molecule has 2 aromatic rings. The van der Waals surface area contributed by atoms with E-state index in [-0.39, 0.29) is 22.2 Å². The second kappa shape index (κ2) is 8.04. The molecule has 0 heterocycles. The van der Waals surface area contributed by atoms with Gasteiger partial charge in [-0.15, -0.1) is 11.8 Å². The normalized spacial score (nSPS) is 10.2. The number of methoxy groups -OCH3 is 1. The maximum atomic E-state index is 12.0. The number of thioether (sulfide) groups is 1. The number of amides is 1. The van der Waals surface area contributed by atoms with Gasteiger partial charge in [-0.2, -0.15) is 0 Å². The molecule has 0 bridgehead atoms. The molecule has 6 heteroatoms. The Labute approximate surface area is 144 Å². The van der Waals surface area contributed by atoms with Gasteiger partial charge in [0.15, 0.2) is 0 Å². The number of hydrogen-bond acceptors (Lipinski definition) is 4. The number of carbonyl (C=O) groups is 2. The van der Waals surface area contributed by atoms with E-state index in [9.17, 15) is 9.59 Å². The van der Waals surface area contributed by atoms with Gasteiger partial charge in [0.05, 0.1) is 23.4 Å². The van der Waals surface area contributed by atoms with Gasteiger partial charge in [0.25, 0.3) is 0 Å². The fraction of sp³-hybridized carbons (Fsp3) is 0.176. The Morgan fingerprint density at radius 1 is 1.17 bits per heavy atom. The van der Waals surface area contributed by atoms with Crippen molar-refractivity contribution >= 4 is 40.9 Å². The average Bonchev–Trinajstić information content (AvgIpc) is 2.55. The molecule has 0 radical (unpaired) electrons. The van der Waals surface area contributed by atoms with Crippen LogP contribution >= 0.6 is 23.4 Å². The monoisotopic (exact) mass is 349 g/mol. The summed E-state index contributed by atoms with van der Waals surface area (Å²) >= 11 is 7.39. The van der Waals surface area contributed by atoms with E-state index in [1.54, 1.807) is 12.1 Å². The lowest BCUT2D eigenvalue weighted by Crippen LogP contribution is -2.14. The SMILES string of the molecule is COC(=O)c1cc(NC(=O)CSc2ccc(C)cc2)ccc1Cl. The number of benzene rings is 2. The number of nitrogens with one attached hydrogen (secondary N) is 1. The van der Waals surface area contributed by atoms with Crippen LogP contribution in [0, 0.1) is 6.92 Å². The summed E-state index contributed by atoms with van der Waals surface area (Å²) in [5, 5.41) is 3.03. The van der Waals surface area contributed by atoms with E-state index >= 15 is 0 Å². The summed E-state index contributed by atoms with van der Waals surface area (Å²) in [6.07, 6.45) is 0. The van der Waals surface area contributed by atoms with E-state index in [0.717, 1.165) is 4.90 Å². The Morgan fingerprint density at radius 3 is 2.52 bits per heavy atom. The Morgan fingerprint density at radius 2 is 1.87 bits per heavy atom. The zero-order valence-electron chi connectivity index (χ0n) is 12.8. The molecule has 0 saturated carbocycles. The molecule has 0 saturated heterocycles. The van der Waals surface area contributed by atoms with Crippen molar-refractivity contribution < 1.29 is 14.3 Å². The van der Waals surface area contributed by atoms with Crippen LogP contribution in [0.1, 0.15) is 15.9 Å². The fourth-order valence-electron chi connectivity index (χ4n) is 1.85. The largest absolute Gasteiger partial charge is 0.465 e. The number of anilines is 1. The summed E-state index contributed by atoms with van der Waals surface area (Å²) in [6.45, 7) is 2.01. The van der Waals surface area contributed by atoms with Gasteiger partial charge in [0.1, 0.15) is 0 Å². The minimum atomic E-state index is -0.542. The number of carbonyl (C=O) groups excluding carboxylic acids is 2. The van der Waals surface area contributed by atoms with Crippen LogP contribution in [0.2, 0.25) is 5.02 Å². The topological polar surface area (TPSA) is 55.4 Å². The van der Waals surface area contributed by atoms with Gasteiger partial charge in [0, 0.05) is 10.6 Å². The van der Waals surface area contributed by atoms with Gasteiger partial charge in [-0.1, -0.05) is 29.3 Å². The molecule has 2 aromatic carbocycles. The highest BCUT2D eigenvalue weighted by atomic mass is 35.5. The molecule has 0 atom stereocenters. The summed E-state index contributed by atoms with van der Waals surface area (Å²) in [4.78, 5) is 24.6. The molecule has 0 unspecified atom stereocenters. The van der Waals surface area contributed by atoms with Crippen LogP contribution in [0.5, 0.6) is 0 Å². The lowest BCUT2D eigenvalue weighted by atomic mass is 10.2. The highest BCUT2D eigenvalue weighted by Crippen LogP contribution is 2.22. The highest BCUT2D eigenvalue weighted by Gasteiger charge is 2.12. The standard InChI is InChI=1S/C17H16ClNO3S/c1-11-3-6-13(7-4-11)23-10-16(20)19-12-5-8-15(18)14(9-12)17(21)22-2/h3-9H,10H2,1-2H3,(H,19,20). The van der Waals surface area contributed by atoms with Crippen molar-refractivity contribution in [3.8, 4) is 0 Å². The van der Waals surface area contributed by atoms with Crippen LogP contribution < -0.4 is 5.32 Å². The molecule has 0 aliphatic rings. The lowest BCUT2D eigenvalue weighted by Gasteiger charge is -2.08. The second-order valence-electron chi connectivity index (χ2n) is 4.84. The summed E-state index contributed by atoms with van der Waals surface area (Å²) in [5.41, 5.74) is 1.90. The van der Waals surface area contributed by atoms with Crippen molar-refractivity contribution in [2.75, 3.05) is 18.2 Å². The van der Waals surface area contributed by atoms with Gasteiger partial charge in [-0.05, 0) is 37.3 Å². The first kappa shape index (κ1) is 17.4. The molecule has 120 valence electrons. The Balaban J connectivity index is 1.97. The molecule has 0 aliphatic heterocycles. The molecule has 1 amide bonds. The summed E-state index contributed by atoms with van der Waals surface area (Å²) in [6, 6.07) is 12.7. The summed E-state index contributed by atoms with van der Waals surface area (Å²) in [5.74, 6) is -0.423. The maximum Gasteiger partial charge on any atom is 0.339 e. The predicted molar refractivity (Wildman–Crippen MR) is 93.3 cm³/mol. The maximum absolute atomic E-state index is 12.0. The summed E-state index contributed by atoms with van der Waals surface area (Å²) in [7, 11) is 1.28. The minimum absolute atomic E-state index is 0.159. The molecule has 2 rings (SSSR count). The molecular weight excluding hydrogens is 334 g/mol. The number of ether oxygens (including phenoxy) is 1. The van der Waals surface area contributed by atoms with Crippen molar-refractivity contribution in [3.63, 3.8) is 0 Å². The molecule has 0 aliphatic carbocycles. The van der Waals surface area contributed by atoms with Gasteiger partial charge < -0.3 is 10.1 Å². The van der Waals surface area contributed by atoms with Crippen LogP contribution in [-0.4, -0.2) is 24.7 Å². The molecule has 0 spiro atoms. The lowest BCUT2D eigenvalue weighted by molar-refractivity contribution is -0.113. The van der Waals surface area contributed by atoms with E-state index in [1.165, 1.54) is 30.5 Å². The van der Waals surface area contributed by atoms with Crippen LogP contribution in [0.25, 0.3) is 0 Å². The first-order chi connectivity index (χ1) is 11.0. The smallest absolute Gasteiger partial charge is 0.339 e. The molecule has 0 aromatic heterocycles. The Kier molecular flexibility index (Phi) is 6.07. The first-order valence-corrected chi connectivity index (χ1v) is 8.23. The van der Waals surface area contributed by atoms with Crippen molar-refractivity contribution in [1.29, 1.82) is 0 Å². The van der Waals surface area contributed by atoms with Crippen molar-refractivity contribution in [2.45, 2.75) is 11.8 Å². The van der Waals surface area contributed by atoms with E-state index in [1.807, 2.05) is 31.2 Å². The second-order valence-corrected chi connectivity index (χ2v) is 6.29.